The first-order valence-corrected chi connectivity index (χ1v) is 6.79. The average Bonchev–Trinajstić information content (AvgIpc) is 3.00. The molecule has 0 bridgehead atoms. The van der Waals surface area contributed by atoms with Crippen LogP contribution in [-0.4, -0.2) is 22.9 Å². The van der Waals surface area contributed by atoms with Gasteiger partial charge in [0.15, 0.2) is 0 Å². The molecule has 2 aromatic heterocycles. The lowest BCUT2D eigenvalue weighted by Gasteiger charge is -2.04. The van der Waals surface area contributed by atoms with Crippen molar-refractivity contribution in [2.24, 2.45) is 7.05 Å². The van der Waals surface area contributed by atoms with E-state index < -0.39 is 0 Å². The lowest BCUT2D eigenvalue weighted by atomic mass is 10.1. The minimum absolute atomic E-state index is 0.298. The molecule has 2 heterocycles. The van der Waals surface area contributed by atoms with Crippen molar-refractivity contribution in [3.8, 4) is 11.3 Å². The zero-order valence-corrected chi connectivity index (χ0v) is 12.1. The van der Waals surface area contributed by atoms with Crippen molar-refractivity contribution in [2.75, 3.05) is 7.11 Å². The van der Waals surface area contributed by atoms with Crippen molar-refractivity contribution in [1.82, 2.24) is 9.78 Å². The standard InChI is InChI=1S/C14H16N2O2S/c1-5-9-8-15-16(3)13(9)10-7-12(14(17)18-4)19-11(10)6-2/h5,7-8H,1,6H2,2-4H3. The molecule has 2 rings (SSSR count). The molecular formula is C14H16N2O2S. The first-order chi connectivity index (χ1) is 9.12. The van der Waals surface area contributed by atoms with Crippen LogP contribution in [0.3, 0.4) is 0 Å². The quantitative estimate of drug-likeness (QED) is 0.806. The van der Waals surface area contributed by atoms with Crippen molar-refractivity contribution in [3.05, 3.63) is 34.2 Å². The Bertz CT molecular complexity index is 625. The van der Waals surface area contributed by atoms with Crippen LogP contribution in [0.4, 0.5) is 0 Å². The Morgan fingerprint density at radius 1 is 1.63 bits per heavy atom. The van der Waals surface area contributed by atoms with Gasteiger partial charge in [-0.1, -0.05) is 19.6 Å². The van der Waals surface area contributed by atoms with E-state index in [1.54, 1.807) is 17.0 Å². The Hall–Kier alpha value is -1.88. The fourth-order valence-electron chi connectivity index (χ4n) is 2.03. The summed E-state index contributed by atoms with van der Waals surface area (Å²) in [5.74, 6) is -0.298. The number of carbonyl (C=O) groups excluding carboxylic acids is 1. The van der Waals surface area contributed by atoms with Crippen LogP contribution < -0.4 is 0 Å². The van der Waals surface area contributed by atoms with E-state index in [0.717, 1.165) is 28.1 Å². The molecule has 0 aliphatic rings. The van der Waals surface area contributed by atoms with Crippen LogP contribution in [0.15, 0.2) is 18.8 Å². The molecule has 0 unspecified atom stereocenters. The molecule has 0 radical (unpaired) electrons. The number of aryl methyl sites for hydroxylation is 2. The second-order valence-corrected chi connectivity index (χ2v) is 5.21. The third-order valence-corrected chi connectivity index (χ3v) is 4.22. The number of thiophene rings is 1. The Morgan fingerprint density at radius 3 is 2.95 bits per heavy atom. The van der Waals surface area contributed by atoms with Gasteiger partial charge in [0.1, 0.15) is 4.88 Å². The average molecular weight is 276 g/mol. The Morgan fingerprint density at radius 2 is 2.37 bits per heavy atom. The molecule has 0 aliphatic carbocycles. The maximum atomic E-state index is 11.6. The van der Waals surface area contributed by atoms with E-state index in [0.29, 0.717) is 4.88 Å². The van der Waals surface area contributed by atoms with Crippen LogP contribution in [0.25, 0.3) is 17.3 Å². The van der Waals surface area contributed by atoms with E-state index in [4.69, 9.17) is 4.74 Å². The van der Waals surface area contributed by atoms with Gasteiger partial charge >= 0.3 is 5.97 Å². The number of nitrogens with zero attached hydrogens (tertiary/aromatic N) is 2. The van der Waals surface area contributed by atoms with Gasteiger partial charge in [0.05, 0.1) is 19.0 Å². The van der Waals surface area contributed by atoms with Crippen LogP contribution in [0.5, 0.6) is 0 Å². The molecule has 4 nitrogen and oxygen atoms in total. The van der Waals surface area contributed by atoms with Gasteiger partial charge in [-0.05, 0) is 12.5 Å². The summed E-state index contributed by atoms with van der Waals surface area (Å²) >= 11 is 1.47. The number of aromatic nitrogens is 2. The van der Waals surface area contributed by atoms with Gasteiger partial charge < -0.3 is 4.74 Å². The Kier molecular flexibility index (Phi) is 3.85. The molecule has 0 spiro atoms. The zero-order chi connectivity index (χ0) is 14.0. The first-order valence-electron chi connectivity index (χ1n) is 5.98. The molecule has 0 saturated carbocycles. The largest absolute Gasteiger partial charge is 0.465 e. The number of hydrogen-bond donors (Lipinski definition) is 0. The van der Waals surface area contributed by atoms with Crippen LogP contribution in [0.1, 0.15) is 27.0 Å². The van der Waals surface area contributed by atoms with Crippen molar-refractivity contribution in [2.45, 2.75) is 13.3 Å². The maximum absolute atomic E-state index is 11.6. The van der Waals surface area contributed by atoms with Crippen molar-refractivity contribution < 1.29 is 9.53 Å². The molecule has 0 N–H and O–H groups in total. The molecule has 100 valence electrons. The number of esters is 1. The van der Waals surface area contributed by atoms with E-state index in [1.807, 2.05) is 13.1 Å². The first kappa shape index (κ1) is 13.5. The van der Waals surface area contributed by atoms with Crippen LogP contribution in [0, 0.1) is 0 Å². The van der Waals surface area contributed by atoms with E-state index in [1.165, 1.54) is 18.4 Å². The molecule has 0 atom stereocenters. The summed E-state index contributed by atoms with van der Waals surface area (Å²) in [6.07, 6.45) is 4.41. The summed E-state index contributed by atoms with van der Waals surface area (Å²) in [6.45, 7) is 5.87. The van der Waals surface area contributed by atoms with Gasteiger partial charge in [0, 0.05) is 23.1 Å². The molecule has 0 fully saturated rings. The number of hydrogen-bond acceptors (Lipinski definition) is 4. The van der Waals surface area contributed by atoms with Gasteiger partial charge in [-0.15, -0.1) is 11.3 Å². The molecule has 2 aromatic rings. The molecule has 5 heteroatoms. The predicted octanol–water partition coefficient (Wildman–Crippen LogP) is 3.14. The highest BCUT2D eigenvalue weighted by molar-refractivity contribution is 7.14. The summed E-state index contributed by atoms with van der Waals surface area (Å²) in [5.41, 5.74) is 2.98. The fraction of sp³-hybridized carbons (Fsp3) is 0.286. The van der Waals surface area contributed by atoms with E-state index in [2.05, 4.69) is 18.6 Å². The molecule has 0 aliphatic heterocycles. The van der Waals surface area contributed by atoms with Crippen molar-refractivity contribution in [3.63, 3.8) is 0 Å². The third kappa shape index (κ3) is 2.33. The molecule has 0 saturated heterocycles. The van der Waals surface area contributed by atoms with Gasteiger partial charge in [-0.2, -0.15) is 5.10 Å². The third-order valence-electron chi connectivity index (χ3n) is 2.96. The van der Waals surface area contributed by atoms with Crippen molar-refractivity contribution in [1.29, 1.82) is 0 Å². The molecule has 0 amide bonds. The topological polar surface area (TPSA) is 44.1 Å². The number of rotatable bonds is 4. The van der Waals surface area contributed by atoms with E-state index in [-0.39, 0.29) is 5.97 Å². The monoisotopic (exact) mass is 276 g/mol. The van der Waals surface area contributed by atoms with E-state index >= 15 is 0 Å². The second kappa shape index (κ2) is 5.40. The normalized spacial score (nSPS) is 10.5. The highest BCUT2D eigenvalue weighted by Crippen LogP contribution is 2.34. The summed E-state index contributed by atoms with van der Waals surface area (Å²) in [6, 6.07) is 1.87. The highest BCUT2D eigenvalue weighted by Gasteiger charge is 2.19. The van der Waals surface area contributed by atoms with Gasteiger partial charge in [-0.25, -0.2) is 4.79 Å². The second-order valence-electron chi connectivity index (χ2n) is 4.07. The summed E-state index contributed by atoms with van der Waals surface area (Å²) in [4.78, 5) is 13.4. The maximum Gasteiger partial charge on any atom is 0.348 e. The predicted molar refractivity (Wildman–Crippen MR) is 77.3 cm³/mol. The van der Waals surface area contributed by atoms with Crippen LogP contribution in [-0.2, 0) is 18.2 Å². The minimum atomic E-state index is -0.298. The number of methoxy groups -OCH3 is 1. The summed E-state index contributed by atoms with van der Waals surface area (Å²) in [5, 5.41) is 4.25. The molecule has 19 heavy (non-hydrogen) atoms. The smallest absolute Gasteiger partial charge is 0.348 e. The molecular weight excluding hydrogens is 260 g/mol. The van der Waals surface area contributed by atoms with Crippen LogP contribution in [0.2, 0.25) is 0 Å². The van der Waals surface area contributed by atoms with Gasteiger partial charge in [0.25, 0.3) is 0 Å². The highest BCUT2D eigenvalue weighted by atomic mass is 32.1. The minimum Gasteiger partial charge on any atom is -0.465 e. The lowest BCUT2D eigenvalue weighted by molar-refractivity contribution is 0.0606. The van der Waals surface area contributed by atoms with Crippen molar-refractivity contribution >= 4 is 23.4 Å². The van der Waals surface area contributed by atoms with Gasteiger partial charge in [-0.3, -0.25) is 4.68 Å². The Labute approximate surface area is 116 Å². The number of ether oxygens (including phenoxy) is 1. The Balaban J connectivity index is 2.61. The number of carbonyl (C=O) groups is 1. The zero-order valence-electron chi connectivity index (χ0n) is 11.3. The summed E-state index contributed by atoms with van der Waals surface area (Å²) in [7, 11) is 3.28. The van der Waals surface area contributed by atoms with Gasteiger partial charge in [0.2, 0.25) is 0 Å². The van der Waals surface area contributed by atoms with E-state index in [9.17, 15) is 4.79 Å². The lowest BCUT2D eigenvalue weighted by Crippen LogP contribution is -1.97. The SMILES string of the molecule is C=Cc1cnn(C)c1-c1cc(C(=O)OC)sc1CC. The molecule has 0 aromatic carbocycles. The summed E-state index contributed by atoms with van der Waals surface area (Å²) < 4.78 is 6.59. The van der Waals surface area contributed by atoms with Crippen LogP contribution >= 0.6 is 11.3 Å². The fourth-order valence-corrected chi connectivity index (χ4v) is 3.05.